The maximum Gasteiger partial charge on any atom is 0.254 e. The van der Waals surface area contributed by atoms with Gasteiger partial charge in [0.05, 0.1) is 16.6 Å². The second-order valence-electron chi connectivity index (χ2n) is 5.51. The number of aromatic nitrogens is 3. The number of hydrogen-bond acceptors (Lipinski definition) is 3. The van der Waals surface area contributed by atoms with Gasteiger partial charge in [0.1, 0.15) is 0 Å². The molecule has 0 aliphatic rings. The largest absolute Gasteiger partial charge is 0.339 e. The maximum absolute atomic E-state index is 12.9. The Balaban J connectivity index is 2.56. The van der Waals surface area contributed by atoms with Crippen LogP contribution in [0.15, 0.2) is 6.07 Å². The zero-order valence-electron chi connectivity index (χ0n) is 13.6. The minimum absolute atomic E-state index is 0.0882. The second-order valence-corrected chi connectivity index (χ2v) is 5.51. The van der Waals surface area contributed by atoms with Gasteiger partial charge >= 0.3 is 0 Å². The molecule has 0 aromatic carbocycles. The summed E-state index contributed by atoms with van der Waals surface area (Å²) in [5, 5.41) is 5.29. The molecule has 0 aliphatic carbocycles. The Hall–Kier alpha value is -1.91. The van der Waals surface area contributed by atoms with Crippen molar-refractivity contribution in [3.05, 3.63) is 23.0 Å². The Bertz CT molecular complexity index is 654. The molecule has 0 radical (unpaired) electrons. The molecule has 0 bridgehead atoms. The third-order valence-electron chi connectivity index (χ3n) is 3.60. The summed E-state index contributed by atoms with van der Waals surface area (Å²) >= 11 is 0. The molecule has 2 aromatic heterocycles. The molecule has 5 heteroatoms. The van der Waals surface area contributed by atoms with Gasteiger partial charge in [-0.05, 0) is 32.8 Å². The van der Waals surface area contributed by atoms with Gasteiger partial charge in [0.15, 0.2) is 5.65 Å². The van der Waals surface area contributed by atoms with Gasteiger partial charge in [-0.15, -0.1) is 0 Å². The monoisotopic (exact) mass is 288 g/mol. The first-order valence-corrected chi connectivity index (χ1v) is 7.59. The van der Waals surface area contributed by atoms with E-state index < -0.39 is 0 Å². The topological polar surface area (TPSA) is 51.0 Å². The number of rotatable bonds is 5. The van der Waals surface area contributed by atoms with Gasteiger partial charge in [-0.1, -0.05) is 13.8 Å². The smallest absolute Gasteiger partial charge is 0.254 e. The van der Waals surface area contributed by atoms with E-state index in [9.17, 15) is 4.79 Å². The second kappa shape index (κ2) is 6.24. The van der Waals surface area contributed by atoms with E-state index in [1.54, 1.807) is 4.68 Å². The van der Waals surface area contributed by atoms with Gasteiger partial charge in [-0.2, -0.15) is 5.10 Å². The number of carbonyl (C=O) groups is 1. The number of pyridine rings is 1. The van der Waals surface area contributed by atoms with Crippen molar-refractivity contribution in [1.82, 2.24) is 19.7 Å². The van der Waals surface area contributed by atoms with E-state index in [1.807, 2.05) is 31.9 Å². The van der Waals surface area contributed by atoms with Crippen LogP contribution in [0.5, 0.6) is 0 Å². The summed E-state index contributed by atoms with van der Waals surface area (Å²) in [6, 6.07) is 1.89. The molecule has 0 N–H and O–H groups in total. The summed E-state index contributed by atoms with van der Waals surface area (Å²) in [5.74, 6) is 0.0882. The van der Waals surface area contributed by atoms with Crippen LogP contribution in [0, 0.1) is 13.8 Å². The number of fused-ring (bicyclic) bond motifs is 1. The zero-order chi connectivity index (χ0) is 15.6. The van der Waals surface area contributed by atoms with Gasteiger partial charge < -0.3 is 4.90 Å². The molecule has 2 rings (SSSR count). The molecular weight excluding hydrogens is 264 g/mol. The number of nitrogens with zero attached hydrogens (tertiary/aromatic N) is 4. The number of aryl methyl sites for hydroxylation is 3. The molecule has 0 saturated heterocycles. The Morgan fingerprint density at radius 2 is 1.86 bits per heavy atom. The van der Waals surface area contributed by atoms with Crippen LogP contribution in [0.1, 0.15) is 48.4 Å². The Kier molecular flexibility index (Phi) is 4.60. The lowest BCUT2D eigenvalue weighted by molar-refractivity contribution is 0.0757. The Labute approximate surface area is 126 Å². The third kappa shape index (κ3) is 2.91. The molecule has 114 valence electrons. The van der Waals surface area contributed by atoms with Gasteiger partial charge in [0.2, 0.25) is 0 Å². The lowest BCUT2D eigenvalue weighted by Gasteiger charge is -2.22. The zero-order valence-corrected chi connectivity index (χ0v) is 13.6. The van der Waals surface area contributed by atoms with Crippen molar-refractivity contribution in [3.63, 3.8) is 0 Å². The molecule has 21 heavy (non-hydrogen) atoms. The van der Waals surface area contributed by atoms with Crippen LogP contribution in [-0.4, -0.2) is 38.7 Å². The summed E-state index contributed by atoms with van der Waals surface area (Å²) in [4.78, 5) is 19.4. The summed E-state index contributed by atoms with van der Waals surface area (Å²) in [7, 11) is 1.87. The molecule has 1 amide bonds. The predicted molar refractivity (Wildman–Crippen MR) is 84.5 cm³/mol. The fourth-order valence-electron chi connectivity index (χ4n) is 2.76. The maximum atomic E-state index is 12.9. The van der Waals surface area contributed by atoms with E-state index in [2.05, 4.69) is 23.9 Å². The van der Waals surface area contributed by atoms with Crippen molar-refractivity contribution >= 4 is 16.9 Å². The number of hydrogen-bond donors (Lipinski definition) is 0. The summed E-state index contributed by atoms with van der Waals surface area (Å²) in [5.41, 5.74) is 3.21. The summed E-state index contributed by atoms with van der Waals surface area (Å²) in [6.45, 7) is 9.61. The summed E-state index contributed by atoms with van der Waals surface area (Å²) in [6.07, 6.45) is 1.93. The van der Waals surface area contributed by atoms with Crippen LogP contribution in [0.4, 0.5) is 0 Å². The van der Waals surface area contributed by atoms with Gasteiger partial charge in [-0.3, -0.25) is 9.48 Å². The number of amides is 1. The molecule has 2 aromatic rings. The molecule has 5 nitrogen and oxygen atoms in total. The minimum atomic E-state index is 0.0882. The quantitative estimate of drug-likeness (QED) is 0.850. The van der Waals surface area contributed by atoms with Crippen molar-refractivity contribution in [2.75, 3.05) is 13.1 Å². The van der Waals surface area contributed by atoms with Crippen molar-refractivity contribution in [1.29, 1.82) is 0 Å². The van der Waals surface area contributed by atoms with E-state index in [0.29, 0.717) is 0 Å². The van der Waals surface area contributed by atoms with E-state index in [-0.39, 0.29) is 5.91 Å². The lowest BCUT2D eigenvalue weighted by Crippen LogP contribution is -2.32. The van der Waals surface area contributed by atoms with E-state index >= 15 is 0 Å². The molecule has 0 aliphatic heterocycles. The highest BCUT2D eigenvalue weighted by Crippen LogP contribution is 2.23. The first-order chi connectivity index (χ1) is 9.99. The van der Waals surface area contributed by atoms with Crippen molar-refractivity contribution in [2.24, 2.45) is 7.05 Å². The molecule has 0 fully saturated rings. The minimum Gasteiger partial charge on any atom is -0.339 e. The number of carbonyl (C=O) groups excluding carboxylic acids is 1. The lowest BCUT2D eigenvalue weighted by atomic mass is 10.1. The van der Waals surface area contributed by atoms with Crippen molar-refractivity contribution in [2.45, 2.75) is 40.5 Å². The average molecular weight is 288 g/mol. The highest BCUT2D eigenvalue weighted by atomic mass is 16.2. The SMILES string of the molecule is CCCN(CCC)C(=O)c1cc(C)nc2c1c(C)nn2C. The van der Waals surface area contributed by atoms with Crippen molar-refractivity contribution in [3.8, 4) is 0 Å². The van der Waals surface area contributed by atoms with Crippen molar-refractivity contribution < 1.29 is 4.79 Å². The molecule has 0 saturated carbocycles. The Morgan fingerprint density at radius 3 is 2.43 bits per heavy atom. The van der Waals surface area contributed by atoms with Crippen LogP contribution in [-0.2, 0) is 7.05 Å². The van der Waals surface area contributed by atoms with E-state index in [0.717, 1.165) is 53.9 Å². The molecule has 0 spiro atoms. The molecular formula is C16H24N4O. The van der Waals surface area contributed by atoms with E-state index in [4.69, 9.17) is 0 Å². The average Bonchev–Trinajstić information content (AvgIpc) is 2.72. The van der Waals surface area contributed by atoms with Crippen LogP contribution in [0.25, 0.3) is 11.0 Å². The molecule has 0 unspecified atom stereocenters. The van der Waals surface area contributed by atoms with Gasteiger partial charge in [0, 0.05) is 25.8 Å². The van der Waals surface area contributed by atoms with Crippen LogP contribution < -0.4 is 0 Å². The van der Waals surface area contributed by atoms with Gasteiger partial charge in [-0.25, -0.2) is 4.98 Å². The molecule has 2 heterocycles. The normalized spacial score (nSPS) is 11.1. The summed E-state index contributed by atoms with van der Waals surface area (Å²) < 4.78 is 1.75. The predicted octanol–water partition coefficient (Wildman–Crippen LogP) is 2.85. The highest BCUT2D eigenvalue weighted by Gasteiger charge is 2.21. The standard InChI is InChI=1S/C16H24N4O/c1-6-8-20(9-7-2)16(21)13-10-11(3)17-15-14(13)12(4)18-19(15)5/h10H,6-9H2,1-5H3. The molecule has 0 atom stereocenters. The van der Waals surface area contributed by atoms with Crippen LogP contribution >= 0.6 is 0 Å². The van der Waals surface area contributed by atoms with Gasteiger partial charge in [0.25, 0.3) is 5.91 Å². The van der Waals surface area contributed by atoms with Crippen LogP contribution in [0.3, 0.4) is 0 Å². The fraction of sp³-hybridized carbons (Fsp3) is 0.562. The third-order valence-corrected chi connectivity index (χ3v) is 3.60. The van der Waals surface area contributed by atoms with E-state index in [1.165, 1.54) is 0 Å². The Morgan fingerprint density at radius 1 is 1.24 bits per heavy atom. The van der Waals surface area contributed by atoms with Crippen LogP contribution in [0.2, 0.25) is 0 Å². The first-order valence-electron chi connectivity index (χ1n) is 7.59. The fourth-order valence-corrected chi connectivity index (χ4v) is 2.76. The first kappa shape index (κ1) is 15.5. The highest BCUT2D eigenvalue weighted by molar-refractivity contribution is 6.06.